The van der Waals surface area contributed by atoms with E-state index >= 15 is 0 Å². The first kappa shape index (κ1) is 19.9. The quantitative estimate of drug-likeness (QED) is 0.595. The monoisotopic (exact) mass is 395 g/mol. The van der Waals surface area contributed by atoms with E-state index in [1.807, 2.05) is 30.3 Å². The van der Waals surface area contributed by atoms with Gasteiger partial charge >= 0.3 is 5.97 Å². The van der Waals surface area contributed by atoms with Gasteiger partial charge in [0.25, 0.3) is 5.91 Å². The fraction of sp³-hybridized carbons (Fsp3) is 0.190. The minimum atomic E-state index is -1.01. The van der Waals surface area contributed by atoms with Crippen LogP contribution in [0.3, 0.4) is 0 Å². The Kier molecular flexibility index (Phi) is 6.13. The summed E-state index contributed by atoms with van der Waals surface area (Å²) in [6, 6.07) is 15.9. The van der Waals surface area contributed by atoms with Crippen molar-refractivity contribution >= 4 is 17.6 Å². The Morgan fingerprint density at radius 1 is 1.00 bits per heavy atom. The van der Waals surface area contributed by atoms with Crippen LogP contribution in [0.5, 0.6) is 11.5 Å². The SMILES string of the molecule is COc1ccc(NC(=O)[C@H](C)OC(=O)c2cc(-c3ccccc3)n[nH]2)cc1OC. The van der Waals surface area contributed by atoms with Gasteiger partial charge in [0.2, 0.25) is 0 Å². The van der Waals surface area contributed by atoms with Crippen molar-refractivity contribution in [1.29, 1.82) is 0 Å². The van der Waals surface area contributed by atoms with Gasteiger partial charge in [-0.3, -0.25) is 9.89 Å². The summed E-state index contributed by atoms with van der Waals surface area (Å²) in [4.78, 5) is 24.7. The van der Waals surface area contributed by atoms with Crippen LogP contribution in [0.4, 0.5) is 5.69 Å². The van der Waals surface area contributed by atoms with Crippen molar-refractivity contribution in [2.45, 2.75) is 13.0 Å². The summed E-state index contributed by atoms with van der Waals surface area (Å²) < 4.78 is 15.6. The molecule has 1 aromatic heterocycles. The number of rotatable bonds is 7. The highest BCUT2D eigenvalue weighted by atomic mass is 16.5. The van der Waals surface area contributed by atoms with Crippen molar-refractivity contribution in [2.24, 2.45) is 0 Å². The Hall–Kier alpha value is -3.81. The van der Waals surface area contributed by atoms with Gasteiger partial charge in [0.05, 0.1) is 19.9 Å². The summed E-state index contributed by atoms with van der Waals surface area (Å²) in [5.41, 5.74) is 2.13. The van der Waals surface area contributed by atoms with Gasteiger partial charge in [-0.1, -0.05) is 30.3 Å². The molecular weight excluding hydrogens is 374 g/mol. The van der Waals surface area contributed by atoms with Crippen LogP contribution in [0.15, 0.2) is 54.6 Å². The fourth-order valence-electron chi connectivity index (χ4n) is 2.62. The molecule has 0 aliphatic carbocycles. The summed E-state index contributed by atoms with van der Waals surface area (Å²) in [6.45, 7) is 1.49. The second-order valence-electron chi connectivity index (χ2n) is 6.14. The highest BCUT2D eigenvalue weighted by molar-refractivity contribution is 5.97. The molecule has 0 radical (unpaired) electrons. The van der Waals surface area contributed by atoms with Crippen molar-refractivity contribution in [3.05, 3.63) is 60.3 Å². The average Bonchev–Trinajstić information content (AvgIpc) is 3.24. The lowest BCUT2D eigenvalue weighted by molar-refractivity contribution is -0.123. The normalized spacial score (nSPS) is 11.4. The van der Waals surface area contributed by atoms with Crippen molar-refractivity contribution in [2.75, 3.05) is 19.5 Å². The first-order valence-electron chi connectivity index (χ1n) is 8.86. The molecule has 8 heteroatoms. The zero-order valence-electron chi connectivity index (χ0n) is 16.3. The molecule has 0 saturated carbocycles. The predicted octanol–water partition coefficient (Wildman–Crippen LogP) is 3.28. The number of benzene rings is 2. The van der Waals surface area contributed by atoms with E-state index in [1.54, 1.807) is 24.3 Å². The Morgan fingerprint density at radius 2 is 1.72 bits per heavy atom. The maximum absolute atomic E-state index is 12.4. The average molecular weight is 395 g/mol. The van der Waals surface area contributed by atoms with Crippen molar-refractivity contribution in [1.82, 2.24) is 10.2 Å². The lowest BCUT2D eigenvalue weighted by atomic mass is 10.1. The number of carbonyl (C=O) groups excluding carboxylic acids is 2. The lowest BCUT2D eigenvalue weighted by Gasteiger charge is -2.14. The van der Waals surface area contributed by atoms with Crippen LogP contribution in [-0.2, 0) is 9.53 Å². The number of ether oxygens (including phenoxy) is 3. The number of hydrogen-bond acceptors (Lipinski definition) is 6. The lowest BCUT2D eigenvalue weighted by Crippen LogP contribution is -2.30. The van der Waals surface area contributed by atoms with Crippen molar-refractivity contribution in [3.63, 3.8) is 0 Å². The van der Waals surface area contributed by atoms with Gasteiger partial charge < -0.3 is 19.5 Å². The standard InChI is InChI=1S/C21H21N3O5/c1-13(20(25)22-15-9-10-18(27-2)19(11-15)28-3)29-21(26)17-12-16(23-24-17)14-7-5-4-6-8-14/h4-13H,1-3H3,(H,22,25)(H,23,24)/t13-/m0/s1. The molecule has 0 unspecified atom stereocenters. The molecule has 150 valence electrons. The largest absolute Gasteiger partial charge is 0.493 e. The second kappa shape index (κ2) is 8.92. The summed E-state index contributed by atoms with van der Waals surface area (Å²) in [5.74, 6) is -0.137. The topological polar surface area (TPSA) is 103 Å². The fourth-order valence-corrected chi connectivity index (χ4v) is 2.62. The van der Waals surface area contributed by atoms with E-state index in [2.05, 4.69) is 15.5 Å². The molecule has 0 spiro atoms. The van der Waals surface area contributed by atoms with E-state index in [-0.39, 0.29) is 5.69 Å². The summed E-state index contributed by atoms with van der Waals surface area (Å²) >= 11 is 0. The first-order valence-corrected chi connectivity index (χ1v) is 8.86. The molecule has 1 amide bonds. The molecular formula is C21H21N3O5. The summed E-state index contributed by atoms with van der Waals surface area (Å²) in [7, 11) is 3.03. The summed E-state index contributed by atoms with van der Waals surface area (Å²) in [5, 5.41) is 9.43. The molecule has 8 nitrogen and oxygen atoms in total. The number of esters is 1. The predicted molar refractivity (Wildman–Crippen MR) is 107 cm³/mol. The number of nitrogens with zero attached hydrogens (tertiary/aromatic N) is 1. The van der Waals surface area contributed by atoms with Gasteiger partial charge in [-0.15, -0.1) is 0 Å². The smallest absolute Gasteiger partial charge is 0.357 e. The third kappa shape index (κ3) is 4.73. The number of aromatic amines is 1. The number of carbonyl (C=O) groups is 2. The maximum atomic E-state index is 12.4. The number of hydrogen-bond donors (Lipinski definition) is 2. The third-order valence-electron chi connectivity index (χ3n) is 4.17. The van der Waals surface area contributed by atoms with Crippen molar-refractivity contribution in [3.8, 4) is 22.8 Å². The van der Waals surface area contributed by atoms with Crippen LogP contribution in [-0.4, -0.2) is 42.4 Å². The molecule has 1 heterocycles. The van der Waals surface area contributed by atoms with Crippen LogP contribution in [0.2, 0.25) is 0 Å². The number of anilines is 1. The Balaban J connectivity index is 1.62. The van der Waals surface area contributed by atoms with Gasteiger partial charge in [0, 0.05) is 17.3 Å². The van der Waals surface area contributed by atoms with Gasteiger partial charge in [0.1, 0.15) is 5.69 Å². The highest BCUT2D eigenvalue weighted by Crippen LogP contribution is 2.29. The zero-order valence-corrected chi connectivity index (χ0v) is 16.3. The molecule has 3 rings (SSSR count). The molecule has 29 heavy (non-hydrogen) atoms. The number of nitrogens with one attached hydrogen (secondary N) is 2. The molecule has 0 saturated heterocycles. The number of methoxy groups -OCH3 is 2. The number of aromatic nitrogens is 2. The van der Waals surface area contributed by atoms with E-state index in [9.17, 15) is 9.59 Å². The van der Waals surface area contributed by atoms with Crippen LogP contribution in [0.25, 0.3) is 11.3 Å². The van der Waals surface area contributed by atoms with Gasteiger partial charge in [-0.2, -0.15) is 5.10 Å². The van der Waals surface area contributed by atoms with E-state index in [0.29, 0.717) is 22.9 Å². The van der Waals surface area contributed by atoms with Crippen LogP contribution < -0.4 is 14.8 Å². The zero-order chi connectivity index (χ0) is 20.8. The molecule has 0 aliphatic rings. The van der Waals surface area contributed by atoms with E-state index in [4.69, 9.17) is 14.2 Å². The van der Waals surface area contributed by atoms with Gasteiger partial charge in [-0.25, -0.2) is 4.79 Å². The van der Waals surface area contributed by atoms with Gasteiger partial charge in [-0.05, 0) is 25.1 Å². The molecule has 2 N–H and O–H groups in total. The van der Waals surface area contributed by atoms with Crippen LogP contribution in [0.1, 0.15) is 17.4 Å². The Morgan fingerprint density at radius 3 is 2.41 bits per heavy atom. The van der Waals surface area contributed by atoms with E-state index in [0.717, 1.165) is 5.56 Å². The van der Waals surface area contributed by atoms with Crippen LogP contribution in [0, 0.1) is 0 Å². The molecule has 0 aliphatic heterocycles. The second-order valence-corrected chi connectivity index (χ2v) is 6.14. The molecule has 0 fully saturated rings. The minimum Gasteiger partial charge on any atom is -0.493 e. The third-order valence-corrected chi connectivity index (χ3v) is 4.17. The Bertz CT molecular complexity index is 1000. The van der Waals surface area contributed by atoms with Crippen molar-refractivity contribution < 1.29 is 23.8 Å². The molecule has 3 aromatic rings. The van der Waals surface area contributed by atoms with Gasteiger partial charge in [0.15, 0.2) is 17.6 Å². The van der Waals surface area contributed by atoms with E-state index in [1.165, 1.54) is 21.1 Å². The van der Waals surface area contributed by atoms with E-state index < -0.39 is 18.0 Å². The summed E-state index contributed by atoms with van der Waals surface area (Å²) in [6.07, 6.45) is -1.01. The van der Waals surface area contributed by atoms with Crippen LogP contribution >= 0.6 is 0 Å². The molecule has 0 bridgehead atoms. The highest BCUT2D eigenvalue weighted by Gasteiger charge is 2.21. The molecule has 2 aromatic carbocycles. The minimum absolute atomic E-state index is 0.162. The number of amides is 1. The first-order chi connectivity index (χ1) is 14.0. The Labute approximate surface area is 167 Å². The number of H-pyrrole nitrogens is 1. The molecule has 1 atom stereocenters. The maximum Gasteiger partial charge on any atom is 0.357 e.